The summed E-state index contributed by atoms with van der Waals surface area (Å²) in [5, 5.41) is 15.0. The molecule has 0 unspecified atom stereocenters. The first-order valence-electron chi connectivity index (χ1n) is 8.77. The summed E-state index contributed by atoms with van der Waals surface area (Å²) in [7, 11) is 0. The molecule has 1 atom stereocenters. The normalized spacial score (nSPS) is 20.3. The van der Waals surface area contributed by atoms with Crippen molar-refractivity contribution in [2.45, 2.75) is 58.3 Å². The van der Waals surface area contributed by atoms with Crippen molar-refractivity contribution in [3.63, 3.8) is 0 Å². The second-order valence-electron chi connectivity index (χ2n) is 6.85. The van der Waals surface area contributed by atoms with E-state index in [1.54, 1.807) is 0 Å². The number of nitrogens with zero attached hydrogens (tertiary/aromatic N) is 3. The molecule has 0 spiro atoms. The zero-order chi connectivity index (χ0) is 15.8. The summed E-state index contributed by atoms with van der Waals surface area (Å²) in [5.41, 5.74) is 2.06. The van der Waals surface area contributed by atoms with E-state index in [2.05, 4.69) is 39.8 Å². The van der Waals surface area contributed by atoms with E-state index in [4.69, 9.17) is 4.42 Å². The van der Waals surface area contributed by atoms with Crippen molar-refractivity contribution >= 4 is 0 Å². The average Bonchev–Trinajstić information content (AvgIpc) is 3.23. The van der Waals surface area contributed by atoms with Crippen LogP contribution in [-0.4, -0.2) is 26.3 Å². The Kier molecular flexibility index (Phi) is 3.99. The van der Waals surface area contributed by atoms with Crippen molar-refractivity contribution < 1.29 is 9.52 Å². The van der Waals surface area contributed by atoms with Crippen LogP contribution in [0.25, 0.3) is 0 Å². The molecule has 1 aliphatic heterocycles. The first-order valence-corrected chi connectivity index (χ1v) is 8.77. The van der Waals surface area contributed by atoms with Gasteiger partial charge in [0.2, 0.25) is 0 Å². The molecule has 3 heterocycles. The highest BCUT2D eigenvalue weighted by Gasteiger charge is 2.33. The van der Waals surface area contributed by atoms with Crippen molar-refractivity contribution in [2.24, 2.45) is 5.92 Å². The lowest BCUT2D eigenvalue weighted by Crippen LogP contribution is -2.22. The Morgan fingerprint density at radius 1 is 1.30 bits per heavy atom. The van der Waals surface area contributed by atoms with Crippen LogP contribution in [0.5, 0.6) is 0 Å². The molecule has 124 valence electrons. The fourth-order valence-electron chi connectivity index (χ4n) is 3.40. The number of furan rings is 1. The van der Waals surface area contributed by atoms with Crippen molar-refractivity contribution in [3.05, 3.63) is 41.1 Å². The summed E-state index contributed by atoms with van der Waals surface area (Å²) in [4.78, 5) is 2.41. The molecule has 0 amide bonds. The lowest BCUT2D eigenvalue weighted by molar-refractivity contribution is 0.148. The summed E-state index contributed by atoms with van der Waals surface area (Å²) in [6.07, 6.45) is 3.91. The third-order valence-corrected chi connectivity index (χ3v) is 4.93. The maximum atomic E-state index is 10.3. The summed E-state index contributed by atoms with van der Waals surface area (Å²) in [6.45, 7) is 5.80. The van der Waals surface area contributed by atoms with E-state index < -0.39 is 0 Å². The smallest absolute Gasteiger partial charge is 0.118 e. The zero-order valence-corrected chi connectivity index (χ0v) is 13.7. The van der Waals surface area contributed by atoms with Crippen LogP contribution in [-0.2, 0) is 26.1 Å². The second kappa shape index (κ2) is 6.13. The van der Waals surface area contributed by atoms with Crippen molar-refractivity contribution in [1.82, 2.24) is 14.7 Å². The fourth-order valence-corrected chi connectivity index (χ4v) is 3.40. The number of rotatable bonds is 5. The third kappa shape index (κ3) is 3.21. The Morgan fingerprint density at radius 3 is 2.87 bits per heavy atom. The highest BCUT2D eigenvalue weighted by molar-refractivity contribution is 5.16. The number of hydrogen-bond donors (Lipinski definition) is 1. The lowest BCUT2D eigenvalue weighted by Gasteiger charge is -2.17. The maximum absolute atomic E-state index is 10.3. The number of aryl methyl sites for hydroxylation is 2. The summed E-state index contributed by atoms with van der Waals surface area (Å²) in [6, 6.07) is 6.26. The molecule has 2 aromatic rings. The van der Waals surface area contributed by atoms with Gasteiger partial charge in [-0.1, -0.05) is 6.92 Å². The SMILES string of the molecule is CCc1ccc(CN2CCCn3nc([C@@H](O)C4CC4)cc3C2)o1. The van der Waals surface area contributed by atoms with Gasteiger partial charge in [-0.2, -0.15) is 5.10 Å². The van der Waals surface area contributed by atoms with Gasteiger partial charge in [-0.05, 0) is 43.4 Å². The summed E-state index contributed by atoms with van der Waals surface area (Å²) in [5.74, 6) is 2.52. The van der Waals surface area contributed by atoms with Crippen LogP contribution >= 0.6 is 0 Å². The Morgan fingerprint density at radius 2 is 2.13 bits per heavy atom. The average molecular weight is 315 g/mol. The minimum Gasteiger partial charge on any atom is -0.465 e. The van der Waals surface area contributed by atoms with Crippen molar-refractivity contribution in [1.29, 1.82) is 0 Å². The molecule has 0 bridgehead atoms. The highest BCUT2D eigenvalue weighted by atomic mass is 16.3. The summed E-state index contributed by atoms with van der Waals surface area (Å²) < 4.78 is 7.93. The molecular weight excluding hydrogens is 290 g/mol. The van der Waals surface area contributed by atoms with Gasteiger partial charge < -0.3 is 9.52 Å². The van der Waals surface area contributed by atoms with E-state index in [9.17, 15) is 5.11 Å². The van der Waals surface area contributed by atoms with Crippen molar-refractivity contribution in [3.8, 4) is 0 Å². The molecule has 0 saturated heterocycles. The van der Waals surface area contributed by atoms with E-state index in [1.165, 1.54) is 5.69 Å². The van der Waals surface area contributed by atoms with E-state index in [1.807, 2.05) is 0 Å². The zero-order valence-electron chi connectivity index (χ0n) is 13.7. The molecule has 5 heteroatoms. The molecule has 1 N–H and O–H groups in total. The second-order valence-corrected chi connectivity index (χ2v) is 6.85. The monoisotopic (exact) mass is 315 g/mol. The molecule has 0 radical (unpaired) electrons. The van der Waals surface area contributed by atoms with Gasteiger partial charge >= 0.3 is 0 Å². The molecule has 0 aromatic carbocycles. The molecule has 23 heavy (non-hydrogen) atoms. The largest absolute Gasteiger partial charge is 0.465 e. The summed E-state index contributed by atoms with van der Waals surface area (Å²) >= 11 is 0. The molecule has 1 saturated carbocycles. The van der Waals surface area contributed by atoms with Gasteiger partial charge in [-0.15, -0.1) is 0 Å². The van der Waals surface area contributed by atoms with E-state index >= 15 is 0 Å². The first kappa shape index (κ1) is 15.0. The molecule has 1 aliphatic carbocycles. The molecule has 5 nitrogen and oxygen atoms in total. The Hall–Kier alpha value is -1.59. The number of hydrogen-bond acceptors (Lipinski definition) is 4. The van der Waals surface area contributed by atoms with Gasteiger partial charge in [-0.3, -0.25) is 9.58 Å². The third-order valence-electron chi connectivity index (χ3n) is 4.93. The predicted octanol–water partition coefficient (Wildman–Crippen LogP) is 2.89. The van der Waals surface area contributed by atoms with Crippen LogP contribution in [0.4, 0.5) is 0 Å². The molecule has 1 fully saturated rings. The van der Waals surface area contributed by atoms with Gasteiger partial charge in [0, 0.05) is 26.1 Å². The van der Waals surface area contributed by atoms with Crippen LogP contribution < -0.4 is 0 Å². The van der Waals surface area contributed by atoms with Crippen LogP contribution in [0.1, 0.15) is 55.2 Å². The maximum Gasteiger partial charge on any atom is 0.118 e. The van der Waals surface area contributed by atoms with Gasteiger partial charge in [0.15, 0.2) is 0 Å². The van der Waals surface area contributed by atoms with Crippen LogP contribution in [0.15, 0.2) is 22.6 Å². The van der Waals surface area contributed by atoms with Gasteiger partial charge in [-0.25, -0.2) is 0 Å². The van der Waals surface area contributed by atoms with E-state index in [0.717, 1.165) is 69.1 Å². The van der Waals surface area contributed by atoms with E-state index in [-0.39, 0.29) is 6.10 Å². The lowest BCUT2D eigenvalue weighted by atomic mass is 10.1. The number of aliphatic hydroxyl groups is 1. The van der Waals surface area contributed by atoms with Gasteiger partial charge in [0.05, 0.1) is 17.9 Å². The standard InChI is InChI=1S/C18H25N3O2/c1-2-15-6-7-16(23-15)12-20-8-3-9-21-14(11-20)10-17(19-21)18(22)13-4-5-13/h6-7,10,13,18,22H,2-5,8-9,11-12H2,1H3/t18-/m0/s1. The topological polar surface area (TPSA) is 54.4 Å². The first-order chi connectivity index (χ1) is 11.2. The minimum atomic E-state index is -0.375. The molecular formula is C18H25N3O2. The Balaban J connectivity index is 1.47. The van der Waals surface area contributed by atoms with E-state index in [0.29, 0.717) is 5.92 Å². The highest BCUT2D eigenvalue weighted by Crippen LogP contribution is 2.40. The molecule has 2 aliphatic rings. The Labute approximate surface area is 136 Å². The number of fused-ring (bicyclic) bond motifs is 1. The van der Waals surface area contributed by atoms with Crippen LogP contribution in [0.2, 0.25) is 0 Å². The van der Waals surface area contributed by atoms with Gasteiger partial charge in [0.1, 0.15) is 17.6 Å². The number of aromatic nitrogens is 2. The van der Waals surface area contributed by atoms with Gasteiger partial charge in [0.25, 0.3) is 0 Å². The number of aliphatic hydroxyl groups excluding tert-OH is 1. The Bertz CT molecular complexity index is 672. The quantitative estimate of drug-likeness (QED) is 0.922. The predicted molar refractivity (Wildman–Crippen MR) is 86.7 cm³/mol. The van der Waals surface area contributed by atoms with Crippen LogP contribution in [0.3, 0.4) is 0 Å². The fraction of sp³-hybridized carbons (Fsp3) is 0.611. The molecule has 4 rings (SSSR count). The van der Waals surface area contributed by atoms with Crippen molar-refractivity contribution in [2.75, 3.05) is 6.54 Å². The molecule has 2 aromatic heterocycles. The minimum absolute atomic E-state index is 0.375. The van der Waals surface area contributed by atoms with Crippen LogP contribution in [0, 0.1) is 5.92 Å².